The highest BCUT2D eigenvalue weighted by molar-refractivity contribution is 7.71. The topological polar surface area (TPSA) is 33.6 Å². The molecule has 0 saturated heterocycles. The lowest BCUT2D eigenvalue weighted by molar-refractivity contribution is 0.603. The Bertz CT molecular complexity index is 536. The molecule has 15 heavy (non-hydrogen) atoms. The van der Waals surface area contributed by atoms with Crippen LogP contribution in [-0.4, -0.2) is 14.5 Å². The van der Waals surface area contributed by atoms with Crippen LogP contribution in [0.3, 0.4) is 0 Å². The first-order chi connectivity index (χ1) is 7.34. The van der Waals surface area contributed by atoms with Crippen LogP contribution in [0.1, 0.15) is 19.3 Å². The second-order valence-corrected chi connectivity index (χ2v) is 4.59. The van der Waals surface area contributed by atoms with E-state index in [-0.39, 0.29) is 0 Å². The van der Waals surface area contributed by atoms with Gasteiger partial charge in [0.2, 0.25) is 0 Å². The molecule has 1 saturated carbocycles. The lowest BCUT2D eigenvalue weighted by Gasteiger charge is -2.02. The number of aryl methyl sites for hydroxylation is 1. The lowest BCUT2D eigenvalue weighted by Crippen LogP contribution is -1.98. The second kappa shape index (κ2) is 3.45. The number of pyridine rings is 1. The second-order valence-electron chi connectivity index (χ2n) is 4.21. The number of H-pyrrole nitrogens is 1. The van der Waals surface area contributed by atoms with Gasteiger partial charge < -0.3 is 9.55 Å². The molecule has 1 N–H and O–H groups in total. The van der Waals surface area contributed by atoms with Crippen molar-refractivity contribution in [1.29, 1.82) is 0 Å². The van der Waals surface area contributed by atoms with Gasteiger partial charge in [-0.15, -0.1) is 0 Å². The Labute approximate surface area is 93.1 Å². The third-order valence-corrected chi connectivity index (χ3v) is 3.36. The molecular formula is C11H13N3S. The van der Waals surface area contributed by atoms with E-state index in [1.165, 1.54) is 24.8 Å². The summed E-state index contributed by atoms with van der Waals surface area (Å²) >= 11 is 5.30. The van der Waals surface area contributed by atoms with Crippen molar-refractivity contribution in [2.75, 3.05) is 0 Å². The summed E-state index contributed by atoms with van der Waals surface area (Å²) in [5.41, 5.74) is 2.22. The fourth-order valence-electron chi connectivity index (χ4n) is 1.95. The first-order valence-electron chi connectivity index (χ1n) is 5.37. The monoisotopic (exact) mass is 219 g/mol. The van der Waals surface area contributed by atoms with Crippen molar-refractivity contribution in [3.8, 4) is 0 Å². The van der Waals surface area contributed by atoms with Crippen molar-refractivity contribution in [3.05, 3.63) is 23.2 Å². The van der Waals surface area contributed by atoms with Gasteiger partial charge in [-0.1, -0.05) is 12.8 Å². The summed E-state index contributed by atoms with van der Waals surface area (Å²) in [7, 11) is 0. The summed E-state index contributed by atoms with van der Waals surface area (Å²) in [6.07, 6.45) is 7.70. The van der Waals surface area contributed by atoms with Gasteiger partial charge in [0, 0.05) is 12.7 Å². The van der Waals surface area contributed by atoms with Gasteiger partial charge >= 0.3 is 0 Å². The third kappa shape index (κ3) is 1.69. The van der Waals surface area contributed by atoms with E-state index in [1.54, 1.807) is 0 Å². The molecule has 78 valence electrons. The molecule has 0 aliphatic heterocycles. The normalized spacial score (nSPS) is 16.0. The van der Waals surface area contributed by atoms with Crippen LogP contribution < -0.4 is 0 Å². The van der Waals surface area contributed by atoms with Gasteiger partial charge in [0.1, 0.15) is 0 Å². The molecule has 4 heteroatoms. The molecule has 0 bridgehead atoms. The smallest absolute Gasteiger partial charge is 0.178 e. The summed E-state index contributed by atoms with van der Waals surface area (Å²) in [6.45, 7) is 1.04. The first-order valence-corrected chi connectivity index (χ1v) is 5.78. The number of imidazole rings is 1. The summed E-state index contributed by atoms with van der Waals surface area (Å²) in [4.78, 5) is 7.27. The zero-order chi connectivity index (χ0) is 10.3. The molecular weight excluding hydrogens is 206 g/mol. The molecule has 0 atom stereocenters. The molecule has 1 fully saturated rings. The SMILES string of the molecule is S=c1[nH]c2cnccc2n1CCC1CC1. The number of fused-ring (bicyclic) bond motifs is 1. The van der Waals surface area contributed by atoms with E-state index >= 15 is 0 Å². The maximum Gasteiger partial charge on any atom is 0.178 e. The lowest BCUT2D eigenvalue weighted by atomic mass is 10.3. The number of nitrogens with zero attached hydrogens (tertiary/aromatic N) is 2. The predicted molar refractivity (Wildman–Crippen MR) is 62.3 cm³/mol. The van der Waals surface area contributed by atoms with Crippen LogP contribution in [-0.2, 0) is 6.54 Å². The van der Waals surface area contributed by atoms with E-state index in [9.17, 15) is 0 Å². The van der Waals surface area contributed by atoms with Crippen LogP contribution in [0.4, 0.5) is 0 Å². The summed E-state index contributed by atoms with van der Waals surface area (Å²) in [5, 5.41) is 0. The zero-order valence-electron chi connectivity index (χ0n) is 8.44. The molecule has 1 aliphatic rings. The molecule has 0 radical (unpaired) electrons. The fourth-order valence-corrected chi connectivity index (χ4v) is 2.25. The Morgan fingerprint density at radius 2 is 2.40 bits per heavy atom. The fraction of sp³-hybridized carbons (Fsp3) is 0.455. The predicted octanol–water partition coefficient (Wildman–Crippen LogP) is 2.89. The van der Waals surface area contributed by atoms with E-state index < -0.39 is 0 Å². The summed E-state index contributed by atoms with van der Waals surface area (Å²) in [6, 6.07) is 2.02. The van der Waals surface area contributed by atoms with Crippen molar-refractivity contribution < 1.29 is 0 Å². The van der Waals surface area contributed by atoms with E-state index in [0.29, 0.717) is 0 Å². The molecule has 1 aliphatic carbocycles. The van der Waals surface area contributed by atoms with Gasteiger partial charge in [-0.25, -0.2) is 0 Å². The maximum atomic E-state index is 5.30. The molecule has 3 rings (SSSR count). The van der Waals surface area contributed by atoms with Crippen molar-refractivity contribution >= 4 is 23.3 Å². The number of hydrogen-bond donors (Lipinski definition) is 1. The van der Waals surface area contributed by atoms with Gasteiger partial charge in [0.05, 0.1) is 17.2 Å². The molecule has 0 amide bonds. The van der Waals surface area contributed by atoms with Crippen LogP contribution in [0, 0.1) is 10.7 Å². The standard InChI is InChI=1S/C11H13N3S/c15-11-13-9-7-12-5-3-10(9)14(11)6-4-8-1-2-8/h3,5,7-8H,1-2,4,6H2,(H,13,15). The molecule has 2 aromatic rings. The van der Waals surface area contributed by atoms with Crippen molar-refractivity contribution in [3.63, 3.8) is 0 Å². The Morgan fingerprint density at radius 3 is 3.20 bits per heavy atom. The number of aromatic nitrogens is 3. The summed E-state index contributed by atoms with van der Waals surface area (Å²) in [5.74, 6) is 0.943. The highest BCUT2D eigenvalue weighted by Crippen LogP contribution is 2.33. The minimum Gasteiger partial charge on any atom is -0.329 e. The Hall–Kier alpha value is -1.16. The molecule has 0 unspecified atom stereocenters. The van der Waals surface area contributed by atoms with Crippen molar-refractivity contribution in [1.82, 2.24) is 14.5 Å². The third-order valence-electron chi connectivity index (χ3n) is 3.03. The zero-order valence-corrected chi connectivity index (χ0v) is 9.26. The Kier molecular flexibility index (Phi) is 2.09. The quantitative estimate of drug-likeness (QED) is 0.805. The minimum absolute atomic E-state index is 0.818. The van der Waals surface area contributed by atoms with Crippen molar-refractivity contribution in [2.24, 2.45) is 5.92 Å². The first kappa shape index (κ1) is 9.09. The molecule has 0 aromatic carbocycles. The molecule has 3 nitrogen and oxygen atoms in total. The number of hydrogen-bond acceptors (Lipinski definition) is 2. The Morgan fingerprint density at radius 1 is 1.53 bits per heavy atom. The molecule has 2 heterocycles. The average Bonchev–Trinajstić information content (AvgIpc) is 3.00. The number of rotatable bonds is 3. The summed E-state index contributed by atoms with van der Waals surface area (Å²) < 4.78 is 3.00. The number of nitrogens with one attached hydrogen (secondary N) is 1. The largest absolute Gasteiger partial charge is 0.329 e. The number of aromatic amines is 1. The van der Waals surface area contributed by atoms with Crippen LogP contribution in [0.2, 0.25) is 0 Å². The highest BCUT2D eigenvalue weighted by Gasteiger charge is 2.21. The van der Waals surface area contributed by atoms with Gasteiger partial charge in [-0.05, 0) is 30.6 Å². The highest BCUT2D eigenvalue weighted by atomic mass is 32.1. The van der Waals surface area contributed by atoms with Crippen molar-refractivity contribution in [2.45, 2.75) is 25.8 Å². The molecule has 0 spiro atoms. The molecule has 2 aromatic heterocycles. The average molecular weight is 219 g/mol. The van der Waals surface area contributed by atoms with Gasteiger partial charge in [-0.2, -0.15) is 0 Å². The van der Waals surface area contributed by atoms with Crippen LogP contribution in [0.5, 0.6) is 0 Å². The maximum absolute atomic E-state index is 5.30. The van der Waals surface area contributed by atoms with E-state index in [1.807, 2.05) is 18.5 Å². The Balaban J connectivity index is 1.99. The van der Waals surface area contributed by atoms with Crippen LogP contribution in [0.25, 0.3) is 11.0 Å². The van der Waals surface area contributed by atoms with Crippen LogP contribution >= 0.6 is 12.2 Å². The van der Waals surface area contributed by atoms with Gasteiger partial charge in [-0.3, -0.25) is 4.98 Å². The van der Waals surface area contributed by atoms with Gasteiger partial charge in [0.15, 0.2) is 4.77 Å². The van der Waals surface area contributed by atoms with E-state index in [2.05, 4.69) is 14.5 Å². The van der Waals surface area contributed by atoms with E-state index in [4.69, 9.17) is 12.2 Å². The van der Waals surface area contributed by atoms with Gasteiger partial charge in [0.25, 0.3) is 0 Å². The van der Waals surface area contributed by atoms with Crippen LogP contribution in [0.15, 0.2) is 18.5 Å². The minimum atomic E-state index is 0.818. The van der Waals surface area contributed by atoms with E-state index in [0.717, 1.165) is 22.8 Å².